The maximum atomic E-state index is 11.2. The first-order chi connectivity index (χ1) is 11.0. The summed E-state index contributed by atoms with van der Waals surface area (Å²) in [5.74, 6) is 0.220. The van der Waals surface area contributed by atoms with Crippen LogP contribution in [-0.2, 0) is 13.1 Å². The molecule has 0 fully saturated rings. The molecule has 1 amide bonds. The highest BCUT2D eigenvalue weighted by Crippen LogP contribution is 2.32. The Morgan fingerprint density at radius 2 is 2.09 bits per heavy atom. The molecule has 0 unspecified atom stereocenters. The Morgan fingerprint density at radius 3 is 2.70 bits per heavy atom. The number of nitrogens with one attached hydrogen (secondary N) is 2. The van der Waals surface area contributed by atoms with Crippen molar-refractivity contribution in [3.63, 3.8) is 0 Å². The van der Waals surface area contributed by atoms with E-state index in [1.807, 2.05) is 30.3 Å². The van der Waals surface area contributed by atoms with Crippen LogP contribution in [-0.4, -0.2) is 32.4 Å². The highest BCUT2D eigenvalue weighted by molar-refractivity contribution is 9.10. The van der Waals surface area contributed by atoms with Gasteiger partial charge >= 0.3 is 11.8 Å². The molecule has 9 nitrogen and oxygen atoms in total. The van der Waals surface area contributed by atoms with E-state index in [0.717, 1.165) is 5.56 Å². The average molecular weight is 384 g/mol. The molecular formula is C13H14BrN5O4. The number of aromatic nitrogens is 2. The fourth-order valence-corrected chi connectivity index (χ4v) is 2.50. The molecule has 2 aromatic rings. The molecule has 0 aliphatic rings. The predicted octanol–water partition coefficient (Wildman–Crippen LogP) is 2.43. The van der Waals surface area contributed by atoms with Crippen LogP contribution >= 0.6 is 15.9 Å². The minimum atomic E-state index is -1.16. The van der Waals surface area contributed by atoms with Gasteiger partial charge in [0.1, 0.15) is 0 Å². The first-order valence-electron chi connectivity index (χ1n) is 6.64. The van der Waals surface area contributed by atoms with E-state index >= 15 is 0 Å². The van der Waals surface area contributed by atoms with Crippen LogP contribution in [0.5, 0.6) is 0 Å². The smallest absolute Gasteiger partial charge is 0.404 e. The zero-order chi connectivity index (χ0) is 16.8. The summed E-state index contributed by atoms with van der Waals surface area (Å²) in [6, 6.07) is 9.40. The van der Waals surface area contributed by atoms with E-state index in [2.05, 4.69) is 31.7 Å². The standard InChI is InChI=1S/C13H14BrN5O4/c14-11-10(19(22)23)12(16-8-9-4-2-1-3-5-9)18(17-11)7-6-15-13(20)21/h1-5,15-16H,6-8H2,(H,20,21). The molecule has 1 aromatic carbocycles. The van der Waals surface area contributed by atoms with Gasteiger partial charge in [-0.15, -0.1) is 0 Å². The molecule has 2 rings (SSSR count). The number of rotatable bonds is 7. The van der Waals surface area contributed by atoms with Crippen molar-refractivity contribution in [3.8, 4) is 0 Å². The molecule has 0 aliphatic carbocycles. The first-order valence-corrected chi connectivity index (χ1v) is 7.43. The van der Waals surface area contributed by atoms with Crippen molar-refractivity contribution in [2.24, 2.45) is 0 Å². The second-order valence-electron chi connectivity index (χ2n) is 4.54. The number of nitrogens with zero attached hydrogens (tertiary/aromatic N) is 3. The van der Waals surface area contributed by atoms with E-state index in [1.54, 1.807) is 0 Å². The molecule has 3 N–H and O–H groups in total. The van der Waals surface area contributed by atoms with Gasteiger partial charge in [-0.3, -0.25) is 10.1 Å². The molecule has 23 heavy (non-hydrogen) atoms. The highest BCUT2D eigenvalue weighted by atomic mass is 79.9. The minimum absolute atomic E-state index is 0.0840. The van der Waals surface area contributed by atoms with Crippen LogP contribution in [0.4, 0.5) is 16.3 Å². The molecule has 0 saturated heterocycles. The number of halogens is 1. The van der Waals surface area contributed by atoms with Gasteiger partial charge < -0.3 is 15.7 Å². The fraction of sp³-hybridized carbons (Fsp3) is 0.231. The van der Waals surface area contributed by atoms with Gasteiger partial charge in [0, 0.05) is 13.1 Å². The summed E-state index contributed by atoms with van der Waals surface area (Å²) in [6.45, 7) is 0.628. The molecule has 122 valence electrons. The summed E-state index contributed by atoms with van der Waals surface area (Å²) in [7, 11) is 0. The third-order valence-electron chi connectivity index (χ3n) is 2.97. The number of hydrogen-bond acceptors (Lipinski definition) is 5. The Kier molecular flexibility index (Phi) is 5.52. The Balaban J connectivity index is 2.19. The van der Waals surface area contributed by atoms with Crippen molar-refractivity contribution in [1.29, 1.82) is 0 Å². The summed E-state index contributed by atoms with van der Waals surface area (Å²) < 4.78 is 1.45. The van der Waals surface area contributed by atoms with Gasteiger partial charge in [0.25, 0.3) is 0 Å². The van der Waals surface area contributed by atoms with Gasteiger partial charge in [-0.1, -0.05) is 30.3 Å². The van der Waals surface area contributed by atoms with Crippen LogP contribution < -0.4 is 10.6 Å². The van der Waals surface area contributed by atoms with Crippen LogP contribution in [0.3, 0.4) is 0 Å². The van der Waals surface area contributed by atoms with Gasteiger partial charge in [0.2, 0.25) is 10.4 Å². The predicted molar refractivity (Wildman–Crippen MR) is 86.4 cm³/mol. The second-order valence-corrected chi connectivity index (χ2v) is 5.29. The first kappa shape index (κ1) is 16.7. The molecule has 1 aromatic heterocycles. The molecule has 0 radical (unpaired) electrons. The van der Waals surface area contributed by atoms with E-state index in [0.29, 0.717) is 6.54 Å². The fourth-order valence-electron chi connectivity index (χ4n) is 1.97. The monoisotopic (exact) mass is 383 g/mol. The third-order valence-corrected chi connectivity index (χ3v) is 3.51. The summed E-state index contributed by atoms with van der Waals surface area (Å²) in [5, 5.41) is 29.0. The van der Waals surface area contributed by atoms with Gasteiger partial charge in [0.05, 0.1) is 11.5 Å². The van der Waals surface area contributed by atoms with Crippen molar-refractivity contribution in [2.45, 2.75) is 13.1 Å². The lowest BCUT2D eigenvalue weighted by molar-refractivity contribution is -0.384. The number of hydrogen-bond donors (Lipinski definition) is 3. The molecule has 1 heterocycles. The third kappa shape index (κ3) is 4.42. The molecular weight excluding hydrogens is 370 g/mol. The summed E-state index contributed by atoms with van der Waals surface area (Å²) >= 11 is 3.07. The number of nitro groups is 1. The molecule has 0 saturated carbocycles. The molecule has 0 aliphatic heterocycles. The van der Waals surface area contributed by atoms with E-state index in [1.165, 1.54) is 4.68 Å². The Morgan fingerprint density at radius 1 is 1.39 bits per heavy atom. The van der Waals surface area contributed by atoms with Crippen LogP contribution in [0.15, 0.2) is 34.9 Å². The Hall–Kier alpha value is -2.62. The Labute approximate surface area is 139 Å². The lowest BCUT2D eigenvalue weighted by atomic mass is 10.2. The van der Waals surface area contributed by atoms with E-state index in [9.17, 15) is 14.9 Å². The average Bonchev–Trinajstić information content (AvgIpc) is 2.81. The molecule has 0 bridgehead atoms. The summed E-state index contributed by atoms with van der Waals surface area (Å²) in [6.07, 6.45) is -1.16. The molecule has 0 atom stereocenters. The number of carboxylic acid groups (broad SMARTS) is 1. The van der Waals surface area contributed by atoms with Crippen LogP contribution in [0.2, 0.25) is 0 Å². The number of amides is 1. The Bertz CT molecular complexity index is 704. The summed E-state index contributed by atoms with van der Waals surface area (Å²) in [4.78, 5) is 21.2. The van der Waals surface area contributed by atoms with Gasteiger partial charge in [-0.25, -0.2) is 9.48 Å². The highest BCUT2D eigenvalue weighted by Gasteiger charge is 2.26. The topological polar surface area (TPSA) is 122 Å². The largest absolute Gasteiger partial charge is 0.465 e. The lowest BCUT2D eigenvalue weighted by Gasteiger charge is -2.09. The molecule has 0 spiro atoms. The lowest BCUT2D eigenvalue weighted by Crippen LogP contribution is -2.26. The number of carbonyl (C=O) groups is 1. The van der Waals surface area contributed by atoms with E-state index in [4.69, 9.17) is 5.11 Å². The normalized spacial score (nSPS) is 10.3. The van der Waals surface area contributed by atoms with Gasteiger partial charge in [0.15, 0.2) is 0 Å². The van der Waals surface area contributed by atoms with Gasteiger partial charge in [-0.05, 0) is 21.5 Å². The van der Waals surface area contributed by atoms with E-state index in [-0.39, 0.29) is 29.2 Å². The van der Waals surface area contributed by atoms with Crippen LogP contribution in [0.1, 0.15) is 5.56 Å². The quantitative estimate of drug-likeness (QED) is 0.498. The minimum Gasteiger partial charge on any atom is -0.465 e. The number of benzene rings is 1. The van der Waals surface area contributed by atoms with Gasteiger partial charge in [-0.2, -0.15) is 5.10 Å². The van der Waals surface area contributed by atoms with Crippen molar-refractivity contribution in [1.82, 2.24) is 15.1 Å². The zero-order valence-electron chi connectivity index (χ0n) is 11.9. The van der Waals surface area contributed by atoms with Crippen molar-refractivity contribution < 1.29 is 14.8 Å². The van der Waals surface area contributed by atoms with Crippen LogP contribution in [0, 0.1) is 10.1 Å². The molecule has 10 heteroatoms. The maximum absolute atomic E-state index is 11.2. The van der Waals surface area contributed by atoms with E-state index < -0.39 is 11.0 Å². The zero-order valence-corrected chi connectivity index (χ0v) is 13.5. The number of anilines is 1. The second kappa shape index (κ2) is 7.58. The van der Waals surface area contributed by atoms with Crippen LogP contribution in [0.25, 0.3) is 0 Å². The van der Waals surface area contributed by atoms with Crippen molar-refractivity contribution >= 4 is 33.5 Å². The van der Waals surface area contributed by atoms with Crippen molar-refractivity contribution in [2.75, 3.05) is 11.9 Å². The SMILES string of the molecule is O=C(O)NCCn1nc(Br)c([N+](=O)[O-])c1NCc1ccccc1. The summed E-state index contributed by atoms with van der Waals surface area (Å²) in [5.41, 5.74) is 0.769. The van der Waals surface area contributed by atoms with Crippen molar-refractivity contribution in [3.05, 3.63) is 50.6 Å². The maximum Gasteiger partial charge on any atom is 0.404 e.